The molecule has 1 aliphatic rings. The van der Waals surface area contributed by atoms with Crippen LogP contribution in [0, 0.1) is 27.7 Å². The van der Waals surface area contributed by atoms with E-state index in [0.29, 0.717) is 0 Å². The van der Waals surface area contributed by atoms with E-state index in [2.05, 4.69) is 39.1 Å². The molecule has 1 aromatic carbocycles. The minimum absolute atomic E-state index is 0.759. The van der Waals surface area contributed by atoms with E-state index in [9.17, 15) is 0 Å². The first-order valence-electron chi connectivity index (χ1n) is 6.89. The summed E-state index contributed by atoms with van der Waals surface area (Å²) < 4.78 is 0. The molecule has 0 bridgehead atoms. The molecule has 0 unspecified atom stereocenters. The fraction of sp³-hybridized carbons (Fsp3) is 0.625. The first kappa shape index (κ1) is 12.6. The third-order valence-corrected chi connectivity index (χ3v) is 4.44. The van der Waals surface area contributed by atoms with E-state index in [-0.39, 0.29) is 0 Å². The molecule has 2 rings (SSSR count). The van der Waals surface area contributed by atoms with Crippen molar-refractivity contribution in [2.45, 2.75) is 66.0 Å². The van der Waals surface area contributed by atoms with Crippen molar-refractivity contribution in [1.82, 2.24) is 5.32 Å². The third kappa shape index (κ3) is 2.71. The van der Waals surface area contributed by atoms with Crippen molar-refractivity contribution in [1.29, 1.82) is 0 Å². The first-order chi connectivity index (χ1) is 8.09. The van der Waals surface area contributed by atoms with E-state index < -0.39 is 0 Å². The number of hydrogen-bond donors (Lipinski definition) is 1. The zero-order valence-corrected chi connectivity index (χ0v) is 11.7. The van der Waals surface area contributed by atoms with Gasteiger partial charge in [0.2, 0.25) is 0 Å². The van der Waals surface area contributed by atoms with Crippen LogP contribution in [-0.2, 0) is 6.54 Å². The minimum atomic E-state index is 0.759. The quantitative estimate of drug-likeness (QED) is 0.830. The molecule has 1 saturated carbocycles. The predicted octanol–water partition coefficient (Wildman–Crippen LogP) is 3.95. The average molecular weight is 231 g/mol. The number of nitrogens with one attached hydrogen (secondary N) is 1. The van der Waals surface area contributed by atoms with E-state index in [4.69, 9.17) is 0 Å². The summed E-state index contributed by atoms with van der Waals surface area (Å²) in [6.45, 7) is 10.0. The molecule has 1 nitrogen and oxygen atoms in total. The van der Waals surface area contributed by atoms with Crippen molar-refractivity contribution >= 4 is 0 Å². The van der Waals surface area contributed by atoms with Crippen molar-refractivity contribution < 1.29 is 0 Å². The fourth-order valence-electron chi connectivity index (χ4n) is 2.94. The van der Waals surface area contributed by atoms with Gasteiger partial charge in [0.1, 0.15) is 0 Å². The molecule has 0 aromatic heterocycles. The van der Waals surface area contributed by atoms with Crippen LogP contribution < -0.4 is 5.32 Å². The molecule has 0 atom stereocenters. The Kier molecular flexibility index (Phi) is 3.88. The van der Waals surface area contributed by atoms with Crippen LogP contribution in [0.15, 0.2) is 6.07 Å². The molecule has 1 aromatic rings. The molecule has 0 radical (unpaired) electrons. The van der Waals surface area contributed by atoms with Crippen molar-refractivity contribution in [2.24, 2.45) is 0 Å². The van der Waals surface area contributed by atoms with Gasteiger partial charge in [-0.3, -0.25) is 0 Å². The highest BCUT2D eigenvalue weighted by Crippen LogP contribution is 2.23. The lowest BCUT2D eigenvalue weighted by molar-refractivity contribution is 0.522. The van der Waals surface area contributed by atoms with Crippen LogP contribution in [0.1, 0.15) is 53.5 Å². The molecule has 0 heterocycles. The second kappa shape index (κ2) is 5.22. The summed E-state index contributed by atoms with van der Waals surface area (Å²) in [6, 6.07) is 3.07. The van der Waals surface area contributed by atoms with Gasteiger partial charge in [0.05, 0.1) is 0 Å². The summed E-state index contributed by atoms with van der Waals surface area (Å²) in [7, 11) is 0. The van der Waals surface area contributed by atoms with Crippen LogP contribution in [0.25, 0.3) is 0 Å². The highest BCUT2D eigenvalue weighted by atomic mass is 14.9. The third-order valence-electron chi connectivity index (χ3n) is 4.44. The molecule has 0 amide bonds. The van der Waals surface area contributed by atoms with Crippen LogP contribution in [0.3, 0.4) is 0 Å². The molecular weight excluding hydrogens is 206 g/mol. The lowest BCUT2D eigenvalue weighted by Crippen LogP contribution is -2.26. The second-order valence-corrected chi connectivity index (χ2v) is 5.60. The van der Waals surface area contributed by atoms with E-state index in [1.165, 1.54) is 53.5 Å². The van der Waals surface area contributed by atoms with Gasteiger partial charge >= 0.3 is 0 Å². The minimum Gasteiger partial charge on any atom is -0.310 e. The van der Waals surface area contributed by atoms with Gasteiger partial charge in [0.15, 0.2) is 0 Å². The Morgan fingerprint density at radius 2 is 1.53 bits per heavy atom. The van der Waals surface area contributed by atoms with Gasteiger partial charge in [0.25, 0.3) is 0 Å². The Morgan fingerprint density at radius 1 is 1.00 bits per heavy atom. The Morgan fingerprint density at radius 3 is 2.06 bits per heavy atom. The lowest BCUT2D eigenvalue weighted by Gasteiger charge is -2.18. The van der Waals surface area contributed by atoms with Crippen LogP contribution in [0.2, 0.25) is 0 Å². The Labute approximate surface area is 106 Å². The van der Waals surface area contributed by atoms with Gasteiger partial charge in [-0.15, -0.1) is 0 Å². The van der Waals surface area contributed by atoms with Gasteiger partial charge < -0.3 is 5.32 Å². The maximum Gasteiger partial charge on any atom is 0.0213 e. The van der Waals surface area contributed by atoms with Gasteiger partial charge in [-0.1, -0.05) is 18.9 Å². The number of aryl methyl sites for hydroxylation is 2. The molecule has 0 aliphatic heterocycles. The van der Waals surface area contributed by atoms with Gasteiger partial charge in [-0.2, -0.15) is 0 Å². The van der Waals surface area contributed by atoms with E-state index in [0.717, 1.165) is 12.6 Å². The molecule has 1 heteroatoms. The molecule has 17 heavy (non-hydrogen) atoms. The second-order valence-electron chi connectivity index (χ2n) is 5.60. The topological polar surface area (TPSA) is 12.0 Å². The maximum absolute atomic E-state index is 3.73. The van der Waals surface area contributed by atoms with Gasteiger partial charge in [-0.25, -0.2) is 0 Å². The zero-order valence-electron chi connectivity index (χ0n) is 11.7. The highest BCUT2D eigenvalue weighted by Gasteiger charge is 2.15. The summed E-state index contributed by atoms with van der Waals surface area (Å²) >= 11 is 0. The average Bonchev–Trinajstić information content (AvgIpc) is 2.79. The SMILES string of the molecule is Cc1cc(C)c(C)c(CNC2CCCC2)c1C. The van der Waals surface area contributed by atoms with Crippen LogP contribution in [0.4, 0.5) is 0 Å². The fourth-order valence-corrected chi connectivity index (χ4v) is 2.94. The molecule has 0 spiro atoms. The molecule has 1 aliphatic carbocycles. The Bertz CT molecular complexity index is 374. The van der Waals surface area contributed by atoms with Crippen molar-refractivity contribution in [3.8, 4) is 0 Å². The predicted molar refractivity (Wildman–Crippen MR) is 74.5 cm³/mol. The molecule has 1 N–H and O–H groups in total. The largest absolute Gasteiger partial charge is 0.310 e. The summed E-state index contributed by atoms with van der Waals surface area (Å²) in [5.41, 5.74) is 7.32. The smallest absolute Gasteiger partial charge is 0.0213 e. The normalized spacial score (nSPS) is 16.7. The molecular formula is C16H25N. The monoisotopic (exact) mass is 231 g/mol. The van der Waals surface area contributed by atoms with Crippen LogP contribution in [0.5, 0.6) is 0 Å². The van der Waals surface area contributed by atoms with Crippen molar-refractivity contribution in [3.63, 3.8) is 0 Å². The number of rotatable bonds is 3. The summed E-state index contributed by atoms with van der Waals surface area (Å²) in [5.74, 6) is 0. The summed E-state index contributed by atoms with van der Waals surface area (Å²) in [6.07, 6.45) is 5.54. The van der Waals surface area contributed by atoms with Crippen molar-refractivity contribution in [3.05, 3.63) is 33.9 Å². The Balaban J connectivity index is 2.13. The van der Waals surface area contributed by atoms with Gasteiger partial charge in [-0.05, 0) is 68.4 Å². The number of benzene rings is 1. The van der Waals surface area contributed by atoms with Crippen LogP contribution >= 0.6 is 0 Å². The van der Waals surface area contributed by atoms with E-state index in [1.807, 2.05) is 0 Å². The molecule has 0 saturated heterocycles. The number of hydrogen-bond acceptors (Lipinski definition) is 1. The lowest BCUT2D eigenvalue weighted by atomic mass is 9.94. The van der Waals surface area contributed by atoms with E-state index >= 15 is 0 Å². The maximum atomic E-state index is 3.73. The van der Waals surface area contributed by atoms with Crippen molar-refractivity contribution in [2.75, 3.05) is 0 Å². The summed E-state index contributed by atoms with van der Waals surface area (Å²) in [5, 5.41) is 3.73. The first-order valence-corrected chi connectivity index (χ1v) is 6.89. The van der Waals surface area contributed by atoms with E-state index in [1.54, 1.807) is 0 Å². The van der Waals surface area contributed by atoms with Crippen LogP contribution in [-0.4, -0.2) is 6.04 Å². The molecule has 1 fully saturated rings. The zero-order chi connectivity index (χ0) is 12.4. The highest BCUT2D eigenvalue weighted by molar-refractivity contribution is 5.43. The van der Waals surface area contributed by atoms with Gasteiger partial charge in [0, 0.05) is 12.6 Å². The molecule has 94 valence electrons. The summed E-state index contributed by atoms with van der Waals surface area (Å²) in [4.78, 5) is 0. The Hall–Kier alpha value is -0.820. The standard InChI is InChI=1S/C16H25N/c1-11-9-12(2)14(4)16(13(11)3)10-17-15-7-5-6-8-15/h9,15,17H,5-8,10H2,1-4H3.